The highest BCUT2D eigenvalue weighted by atomic mass is 79.9. The summed E-state index contributed by atoms with van der Waals surface area (Å²) in [6, 6.07) is 16.6. The first-order chi connectivity index (χ1) is 14.9. The van der Waals surface area contributed by atoms with Gasteiger partial charge in [-0.1, -0.05) is 29.8 Å². The van der Waals surface area contributed by atoms with Gasteiger partial charge in [-0.05, 0) is 59.6 Å². The van der Waals surface area contributed by atoms with Crippen LogP contribution in [0.1, 0.15) is 27.3 Å². The highest BCUT2D eigenvalue weighted by Crippen LogP contribution is 2.26. The highest BCUT2D eigenvalue weighted by molar-refractivity contribution is 9.10. The lowest BCUT2D eigenvalue weighted by Crippen LogP contribution is -2.41. The summed E-state index contributed by atoms with van der Waals surface area (Å²) in [7, 11) is 0. The predicted octanol–water partition coefficient (Wildman–Crippen LogP) is 4.41. The molecule has 3 heterocycles. The molecule has 0 saturated carbocycles. The summed E-state index contributed by atoms with van der Waals surface area (Å²) >= 11 is 9.53. The van der Waals surface area contributed by atoms with Gasteiger partial charge >= 0.3 is 0 Å². The smallest absolute Gasteiger partial charge is 0.261 e. The van der Waals surface area contributed by atoms with Crippen molar-refractivity contribution in [1.82, 2.24) is 19.1 Å². The fraction of sp³-hybridized carbons (Fsp3) is 0.174. The third-order valence-electron chi connectivity index (χ3n) is 5.55. The van der Waals surface area contributed by atoms with Gasteiger partial charge in [0.25, 0.3) is 11.5 Å². The molecule has 2 aromatic heterocycles. The van der Waals surface area contributed by atoms with Crippen LogP contribution in [0.3, 0.4) is 0 Å². The highest BCUT2D eigenvalue weighted by Gasteiger charge is 2.28. The van der Waals surface area contributed by atoms with Gasteiger partial charge in [-0.25, -0.2) is 4.52 Å². The second kappa shape index (κ2) is 7.66. The molecule has 0 atom stereocenters. The van der Waals surface area contributed by atoms with Crippen molar-refractivity contribution in [3.63, 3.8) is 0 Å². The molecule has 1 aliphatic heterocycles. The zero-order valence-corrected chi connectivity index (χ0v) is 19.0. The van der Waals surface area contributed by atoms with E-state index in [0.717, 1.165) is 21.5 Å². The summed E-state index contributed by atoms with van der Waals surface area (Å²) in [5.41, 5.74) is 4.19. The van der Waals surface area contributed by atoms with E-state index in [-0.39, 0.29) is 11.5 Å². The Morgan fingerprint density at radius 3 is 2.65 bits per heavy atom. The van der Waals surface area contributed by atoms with Crippen LogP contribution in [-0.4, -0.2) is 31.5 Å². The molecule has 8 heteroatoms. The van der Waals surface area contributed by atoms with Crippen LogP contribution in [0, 0.1) is 6.92 Å². The van der Waals surface area contributed by atoms with Gasteiger partial charge in [0.15, 0.2) is 0 Å². The van der Waals surface area contributed by atoms with Gasteiger partial charge in [-0.15, -0.1) is 0 Å². The van der Waals surface area contributed by atoms with E-state index in [9.17, 15) is 9.59 Å². The quantitative estimate of drug-likeness (QED) is 0.412. The number of hydrogen-bond donors (Lipinski definition) is 0. The third kappa shape index (κ3) is 3.38. The molecule has 0 bridgehead atoms. The maximum atomic E-state index is 13.5. The molecule has 0 aliphatic carbocycles. The number of aryl methyl sites for hydroxylation is 1. The lowest BCUT2D eigenvalue weighted by atomic mass is 10.0. The average Bonchev–Trinajstić information content (AvgIpc) is 3.17. The molecule has 0 spiro atoms. The molecule has 156 valence electrons. The average molecular weight is 498 g/mol. The van der Waals surface area contributed by atoms with Crippen LogP contribution in [0.4, 0.5) is 0 Å². The number of aromatic nitrogens is 3. The van der Waals surface area contributed by atoms with Gasteiger partial charge in [0.2, 0.25) is 0 Å². The van der Waals surface area contributed by atoms with Crippen LogP contribution < -0.4 is 5.56 Å². The molecule has 31 heavy (non-hydrogen) atoms. The molecule has 0 fully saturated rings. The SMILES string of the molecule is Cc1cc2n(-c3ccccc3)c(=O)c3c(n2n1)CN(C(=O)c1ccc(Br)c(Cl)c1)CC3. The van der Waals surface area contributed by atoms with Crippen molar-refractivity contribution in [3.8, 4) is 5.69 Å². The van der Waals surface area contributed by atoms with E-state index in [2.05, 4.69) is 21.0 Å². The van der Waals surface area contributed by atoms with Crippen LogP contribution >= 0.6 is 27.5 Å². The Morgan fingerprint density at radius 1 is 1.13 bits per heavy atom. The number of benzene rings is 2. The van der Waals surface area contributed by atoms with Crippen LogP contribution in [0.2, 0.25) is 5.02 Å². The summed E-state index contributed by atoms with van der Waals surface area (Å²) in [6.45, 7) is 2.66. The summed E-state index contributed by atoms with van der Waals surface area (Å²) in [5.74, 6) is -0.121. The molecule has 0 N–H and O–H groups in total. The zero-order valence-electron chi connectivity index (χ0n) is 16.7. The minimum atomic E-state index is -0.121. The number of carbonyl (C=O) groups is 1. The lowest BCUT2D eigenvalue weighted by molar-refractivity contribution is 0.0729. The number of rotatable bonds is 2. The van der Waals surface area contributed by atoms with Crippen molar-refractivity contribution in [2.45, 2.75) is 19.9 Å². The van der Waals surface area contributed by atoms with E-state index < -0.39 is 0 Å². The molecule has 4 aromatic rings. The van der Waals surface area contributed by atoms with E-state index in [4.69, 9.17) is 11.6 Å². The summed E-state index contributed by atoms with van der Waals surface area (Å²) < 4.78 is 4.24. The van der Waals surface area contributed by atoms with Crippen molar-refractivity contribution >= 4 is 39.1 Å². The second-order valence-electron chi connectivity index (χ2n) is 7.56. The molecular formula is C23H18BrClN4O2. The topological polar surface area (TPSA) is 59.6 Å². The van der Waals surface area contributed by atoms with Crippen LogP contribution in [-0.2, 0) is 13.0 Å². The largest absolute Gasteiger partial charge is 0.332 e. The van der Waals surface area contributed by atoms with E-state index in [1.165, 1.54) is 0 Å². The Labute approximate surface area is 191 Å². The minimum Gasteiger partial charge on any atom is -0.332 e. The predicted molar refractivity (Wildman–Crippen MR) is 123 cm³/mol. The monoisotopic (exact) mass is 496 g/mol. The number of fused-ring (bicyclic) bond motifs is 3. The molecule has 5 rings (SSSR count). The molecule has 0 unspecified atom stereocenters. The fourth-order valence-electron chi connectivity index (χ4n) is 4.07. The Hall–Kier alpha value is -2.90. The van der Waals surface area contributed by atoms with Gasteiger partial charge < -0.3 is 4.90 Å². The van der Waals surface area contributed by atoms with Gasteiger partial charge in [-0.2, -0.15) is 5.10 Å². The van der Waals surface area contributed by atoms with Gasteiger partial charge in [0.1, 0.15) is 5.65 Å². The minimum absolute atomic E-state index is 0.0626. The number of carbonyl (C=O) groups excluding carboxylic acids is 1. The number of amides is 1. The Morgan fingerprint density at radius 2 is 1.90 bits per heavy atom. The number of nitrogens with zero attached hydrogens (tertiary/aromatic N) is 4. The van der Waals surface area contributed by atoms with Crippen LogP contribution in [0.15, 0.2) is 63.9 Å². The molecule has 6 nitrogen and oxygen atoms in total. The van der Waals surface area contributed by atoms with Crippen LogP contribution in [0.25, 0.3) is 11.3 Å². The second-order valence-corrected chi connectivity index (χ2v) is 8.82. The molecule has 2 aromatic carbocycles. The first-order valence-electron chi connectivity index (χ1n) is 9.87. The maximum Gasteiger partial charge on any atom is 0.261 e. The zero-order chi connectivity index (χ0) is 21.7. The molecule has 1 amide bonds. The standard InChI is InChI=1S/C23H18BrClN4O2/c1-14-11-21-28(16-5-3-2-4-6-16)23(31)17-9-10-27(13-20(17)29(21)26-14)22(30)15-7-8-18(24)19(25)12-15/h2-8,11-12H,9-10,13H2,1H3. The van der Waals surface area contributed by atoms with Gasteiger partial charge in [-0.3, -0.25) is 14.2 Å². The molecule has 0 saturated heterocycles. The summed E-state index contributed by atoms with van der Waals surface area (Å²) in [5, 5.41) is 5.12. The summed E-state index contributed by atoms with van der Waals surface area (Å²) in [4.78, 5) is 28.3. The summed E-state index contributed by atoms with van der Waals surface area (Å²) in [6.07, 6.45) is 0.464. The Kier molecular flexibility index (Phi) is 4.95. The molecular weight excluding hydrogens is 480 g/mol. The lowest BCUT2D eigenvalue weighted by Gasteiger charge is -2.29. The number of halogens is 2. The first kappa shape index (κ1) is 20.0. The van der Waals surface area contributed by atoms with E-state index in [1.807, 2.05) is 43.3 Å². The van der Waals surface area contributed by atoms with Crippen molar-refractivity contribution in [3.05, 3.63) is 97.0 Å². The van der Waals surface area contributed by atoms with Gasteiger partial charge in [0, 0.05) is 28.2 Å². The van der Waals surface area contributed by atoms with Crippen molar-refractivity contribution in [2.75, 3.05) is 6.54 Å². The van der Waals surface area contributed by atoms with Gasteiger partial charge in [0.05, 0.1) is 28.6 Å². The Bertz CT molecular complexity index is 1390. The molecule has 1 aliphatic rings. The Balaban J connectivity index is 1.62. The number of hydrogen-bond acceptors (Lipinski definition) is 3. The molecule has 0 radical (unpaired) electrons. The number of para-hydroxylation sites is 1. The normalized spacial score (nSPS) is 13.5. The van der Waals surface area contributed by atoms with E-state index in [1.54, 1.807) is 32.2 Å². The van der Waals surface area contributed by atoms with Crippen molar-refractivity contribution in [1.29, 1.82) is 0 Å². The van der Waals surface area contributed by atoms with Crippen LogP contribution in [0.5, 0.6) is 0 Å². The van der Waals surface area contributed by atoms with Crippen molar-refractivity contribution in [2.24, 2.45) is 0 Å². The third-order valence-corrected chi connectivity index (χ3v) is 6.78. The fourth-order valence-corrected chi connectivity index (χ4v) is 4.49. The van der Waals surface area contributed by atoms with E-state index >= 15 is 0 Å². The van der Waals surface area contributed by atoms with E-state index in [0.29, 0.717) is 41.3 Å². The van der Waals surface area contributed by atoms with Crippen molar-refractivity contribution < 1.29 is 4.79 Å². The first-order valence-corrected chi connectivity index (χ1v) is 11.0. The maximum absolute atomic E-state index is 13.5.